The van der Waals surface area contributed by atoms with E-state index in [2.05, 4.69) is 27.7 Å². The SMILES string of the molecule is CCCCCN1C(=O)c2sccc2N2C(CCC(=O)NCc3ccc(OC)cc3)=NNC12. The Morgan fingerprint density at radius 1 is 1.25 bits per heavy atom. The molecular formula is C23H29N5O3S. The Hall–Kier alpha value is -3.07. The van der Waals surface area contributed by atoms with Crippen molar-refractivity contribution in [1.29, 1.82) is 0 Å². The van der Waals surface area contributed by atoms with Crippen LogP contribution in [0.4, 0.5) is 5.69 Å². The van der Waals surface area contributed by atoms with Crippen LogP contribution in [-0.4, -0.2) is 42.5 Å². The van der Waals surface area contributed by atoms with Gasteiger partial charge in [-0.2, -0.15) is 5.10 Å². The monoisotopic (exact) mass is 455 g/mol. The van der Waals surface area contributed by atoms with E-state index in [1.54, 1.807) is 7.11 Å². The van der Waals surface area contributed by atoms with Gasteiger partial charge in [0.05, 0.1) is 12.8 Å². The van der Waals surface area contributed by atoms with E-state index in [9.17, 15) is 9.59 Å². The van der Waals surface area contributed by atoms with Crippen molar-refractivity contribution in [2.45, 2.75) is 51.9 Å². The molecule has 2 aliphatic heterocycles. The fourth-order valence-electron chi connectivity index (χ4n) is 3.95. The summed E-state index contributed by atoms with van der Waals surface area (Å²) in [5, 5.41) is 9.39. The topological polar surface area (TPSA) is 86.3 Å². The summed E-state index contributed by atoms with van der Waals surface area (Å²) in [6.07, 6.45) is 3.63. The van der Waals surface area contributed by atoms with Crippen molar-refractivity contribution >= 4 is 34.7 Å². The second-order valence-electron chi connectivity index (χ2n) is 7.87. The normalized spacial score (nSPS) is 16.9. The number of ether oxygens (including phenoxy) is 1. The number of unbranched alkanes of at least 4 members (excludes halogenated alkanes) is 2. The van der Waals surface area contributed by atoms with Crippen LogP contribution in [0, 0.1) is 0 Å². The van der Waals surface area contributed by atoms with Gasteiger partial charge in [-0.15, -0.1) is 11.3 Å². The van der Waals surface area contributed by atoms with Gasteiger partial charge in [0.15, 0.2) is 0 Å². The van der Waals surface area contributed by atoms with Crippen LogP contribution in [0.3, 0.4) is 0 Å². The highest BCUT2D eigenvalue weighted by molar-refractivity contribution is 7.12. The lowest BCUT2D eigenvalue weighted by Crippen LogP contribution is -2.58. The number of hydrazone groups is 1. The Labute approximate surface area is 192 Å². The van der Waals surface area contributed by atoms with Crippen LogP contribution in [-0.2, 0) is 11.3 Å². The number of carbonyl (C=O) groups is 2. The minimum Gasteiger partial charge on any atom is -0.497 e. The van der Waals surface area contributed by atoms with Crippen LogP contribution in [0.5, 0.6) is 5.75 Å². The number of hydrogen-bond acceptors (Lipinski definition) is 7. The largest absolute Gasteiger partial charge is 0.497 e. The molecule has 0 saturated heterocycles. The summed E-state index contributed by atoms with van der Waals surface area (Å²) in [4.78, 5) is 30.1. The van der Waals surface area contributed by atoms with E-state index in [0.717, 1.165) is 47.0 Å². The lowest BCUT2D eigenvalue weighted by atomic mass is 10.1. The molecule has 0 aliphatic carbocycles. The second kappa shape index (κ2) is 10.0. The van der Waals surface area contributed by atoms with Gasteiger partial charge in [-0.25, -0.2) is 0 Å². The quantitative estimate of drug-likeness (QED) is 0.536. The summed E-state index contributed by atoms with van der Waals surface area (Å²) >= 11 is 1.46. The van der Waals surface area contributed by atoms with Gasteiger partial charge < -0.3 is 10.1 Å². The van der Waals surface area contributed by atoms with Crippen molar-refractivity contribution in [3.05, 3.63) is 46.2 Å². The molecular weight excluding hydrogens is 426 g/mol. The van der Waals surface area contributed by atoms with E-state index in [4.69, 9.17) is 4.74 Å². The van der Waals surface area contributed by atoms with E-state index in [-0.39, 0.29) is 18.1 Å². The van der Waals surface area contributed by atoms with Crippen molar-refractivity contribution in [1.82, 2.24) is 15.6 Å². The van der Waals surface area contributed by atoms with Crippen LogP contribution < -0.4 is 20.4 Å². The minimum atomic E-state index is -0.321. The van der Waals surface area contributed by atoms with E-state index in [1.807, 2.05) is 40.6 Å². The molecule has 2 aromatic rings. The highest BCUT2D eigenvalue weighted by Crippen LogP contribution is 2.37. The number of amidine groups is 1. The number of amides is 2. The minimum absolute atomic E-state index is 0.0367. The van der Waals surface area contributed by atoms with Gasteiger partial charge in [0, 0.05) is 25.9 Å². The first-order valence-corrected chi connectivity index (χ1v) is 11.9. The van der Waals surface area contributed by atoms with Crippen molar-refractivity contribution in [2.24, 2.45) is 5.10 Å². The fourth-order valence-corrected chi connectivity index (χ4v) is 4.79. The molecule has 8 nitrogen and oxygen atoms in total. The molecule has 1 aromatic heterocycles. The summed E-state index contributed by atoms with van der Waals surface area (Å²) in [6.45, 7) is 3.30. The smallest absolute Gasteiger partial charge is 0.269 e. The van der Waals surface area contributed by atoms with Crippen molar-refractivity contribution in [2.75, 3.05) is 18.6 Å². The number of hydrogen-bond donors (Lipinski definition) is 2. The number of fused-ring (bicyclic) bond motifs is 3. The van der Waals surface area contributed by atoms with Gasteiger partial charge in [-0.3, -0.25) is 24.8 Å². The number of benzene rings is 1. The number of carbonyl (C=O) groups excluding carboxylic acids is 2. The molecule has 0 radical (unpaired) electrons. The standard InChI is InChI=1S/C23H29N5O3S/c1-3-4-5-13-27-22(30)21-18(12-14-32-21)28-19(25-26-23(27)28)10-11-20(29)24-15-16-6-8-17(31-2)9-7-16/h6-9,12,14,23,26H,3-5,10-11,13,15H2,1-2H3,(H,24,29). The van der Waals surface area contributed by atoms with Gasteiger partial charge in [0.25, 0.3) is 5.91 Å². The Bertz CT molecular complexity index is 988. The first-order chi connectivity index (χ1) is 15.6. The third kappa shape index (κ3) is 4.57. The molecule has 2 amide bonds. The second-order valence-corrected chi connectivity index (χ2v) is 8.78. The van der Waals surface area contributed by atoms with Crippen molar-refractivity contribution in [3.8, 4) is 5.75 Å². The van der Waals surface area contributed by atoms with E-state index >= 15 is 0 Å². The molecule has 4 rings (SSSR count). The van der Waals surface area contributed by atoms with Crippen LogP contribution in [0.1, 0.15) is 54.3 Å². The maximum atomic E-state index is 13.0. The summed E-state index contributed by atoms with van der Waals surface area (Å²) in [6, 6.07) is 9.58. The zero-order valence-electron chi connectivity index (χ0n) is 18.5. The Morgan fingerprint density at radius 2 is 2.06 bits per heavy atom. The molecule has 1 atom stereocenters. The Kier molecular flexibility index (Phi) is 6.94. The predicted octanol–water partition coefficient (Wildman–Crippen LogP) is 3.51. The van der Waals surface area contributed by atoms with Crippen LogP contribution in [0.25, 0.3) is 0 Å². The molecule has 0 saturated carbocycles. The molecule has 0 bridgehead atoms. The molecule has 2 aliphatic rings. The molecule has 0 spiro atoms. The average molecular weight is 456 g/mol. The molecule has 0 fully saturated rings. The highest BCUT2D eigenvalue weighted by Gasteiger charge is 2.43. The lowest BCUT2D eigenvalue weighted by Gasteiger charge is -2.39. The maximum Gasteiger partial charge on any atom is 0.269 e. The zero-order chi connectivity index (χ0) is 22.5. The van der Waals surface area contributed by atoms with Crippen molar-refractivity contribution < 1.29 is 14.3 Å². The molecule has 1 aromatic carbocycles. The number of nitrogens with one attached hydrogen (secondary N) is 2. The predicted molar refractivity (Wildman–Crippen MR) is 126 cm³/mol. The van der Waals surface area contributed by atoms with Crippen LogP contribution in [0.15, 0.2) is 40.8 Å². The first-order valence-electron chi connectivity index (χ1n) is 11.0. The number of nitrogens with zero attached hydrogens (tertiary/aromatic N) is 3. The maximum absolute atomic E-state index is 13.0. The number of thiophene rings is 1. The van der Waals surface area contributed by atoms with Gasteiger partial charge in [-0.1, -0.05) is 31.9 Å². The molecule has 3 heterocycles. The van der Waals surface area contributed by atoms with Crippen LogP contribution >= 0.6 is 11.3 Å². The third-order valence-corrected chi connectivity index (χ3v) is 6.60. The van der Waals surface area contributed by atoms with Gasteiger partial charge >= 0.3 is 0 Å². The summed E-state index contributed by atoms with van der Waals surface area (Å²) in [5.41, 5.74) is 5.01. The Morgan fingerprint density at radius 3 is 2.81 bits per heavy atom. The van der Waals surface area contributed by atoms with E-state index < -0.39 is 0 Å². The number of rotatable bonds is 10. The van der Waals surface area contributed by atoms with E-state index in [0.29, 0.717) is 25.9 Å². The summed E-state index contributed by atoms with van der Waals surface area (Å²) in [7, 11) is 1.63. The zero-order valence-corrected chi connectivity index (χ0v) is 19.3. The fraction of sp³-hybridized carbons (Fsp3) is 0.435. The van der Waals surface area contributed by atoms with E-state index in [1.165, 1.54) is 11.3 Å². The Balaban J connectivity index is 1.36. The lowest BCUT2D eigenvalue weighted by molar-refractivity contribution is -0.121. The number of anilines is 1. The molecule has 1 unspecified atom stereocenters. The van der Waals surface area contributed by atoms with Crippen molar-refractivity contribution in [3.63, 3.8) is 0 Å². The first kappa shape index (κ1) is 22.1. The molecule has 9 heteroatoms. The van der Waals surface area contributed by atoms with Gasteiger partial charge in [-0.05, 0) is 35.6 Å². The third-order valence-electron chi connectivity index (χ3n) is 5.71. The summed E-state index contributed by atoms with van der Waals surface area (Å²) in [5.74, 6) is 1.58. The van der Waals surface area contributed by atoms with Gasteiger partial charge in [0.2, 0.25) is 12.2 Å². The number of methoxy groups -OCH3 is 1. The highest BCUT2D eigenvalue weighted by atomic mass is 32.1. The average Bonchev–Trinajstić information content (AvgIpc) is 3.46. The molecule has 170 valence electrons. The van der Waals surface area contributed by atoms with Gasteiger partial charge in [0.1, 0.15) is 16.5 Å². The molecule has 32 heavy (non-hydrogen) atoms. The van der Waals surface area contributed by atoms with Crippen LogP contribution in [0.2, 0.25) is 0 Å². The molecule has 2 N–H and O–H groups in total. The summed E-state index contributed by atoms with van der Waals surface area (Å²) < 4.78 is 5.16.